The molecule has 0 bridgehead atoms. The molecule has 0 aliphatic carbocycles. The highest BCUT2D eigenvalue weighted by Crippen LogP contribution is 2.28. The van der Waals surface area contributed by atoms with E-state index in [0.29, 0.717) is 17.4 Å². The van der Waals surface area contributed by atoms with Crippen molar-refractivity contribution in [1.82, 2.24) is 15.5 Å². The first-order valence-electron chi connectivity index (χ1n) is 9.60. The number of benzene rings is 2. The van der Waals surface area contributed by atoms with Crippen LogP contribution in [0.25, 0.3) is 0 Å². The van der Waals surface area contributed by atoms with Crippen LogP contribution >= 0.6 is 0 Å². The molecule has 2 heterocycles. The van der Waals surface area contributed by atoms with E-state index in [0.717, 1.165) is 31.7 Å². The summed E-state index contributed by atoms with van der Waals surface area (Å²) in [5, 5.41) is 6.46. The molecule has 4 rings (SSSR count). The van der Waals surface area contributed by atoms with Crippen molar-refractivity contribution in [3.63, 3.8) is 0 Å². The lowest BCUT2D eigenvalue weighted by molar-refractivity contribution is -0.131. The van der Waals surface area contributed by atoms with Gasteiger partial charge in [-0.15, -0.1) is 0 Å². The summed E-state index contributed by atoms with van der Waals surface area (Å²) in [6.07, 6.45) is 0.287. The molecule has 2 N–H and O–H groups in total. The smallest absolute Gasteiger partial charge is 0.251 e. The van der Waals surface area contributed by atoms with Crippen LogP contribution in [0.1, 0.15) is 28.4 Å². The molecule has 2 aromatic carbocycles. The minimum absolute atomic E-state index is 0.117. The predicted octanol–water partition coefficient (Wildman–Crippen LogP) is 2.23. The fraction of sp³-hybridized carbons (Fsp3) is 0.364. The third-order valence-electron chi connectivity index (χ3n) is 5.66. The quantitative estimate of drug-likeness (QED) is 0.856. The van der Waals surface area contributed by atoms with Crippen LogP contribution < -0.4 is 10.6 Å². The summed E-state index contributed by atoms with van der Waals surface area (Å²) in [6.45, 7) is 3.65. The van der Waals surface area contributed by atoms with E-state index in [9.17, 15) is 9.59 Å². The molecule has 5 heteroatoms. The van der Waals surface area contributed by atoms with Gasteiger partial charge in [-0.2, -0.15) is 0 Å². The molecule has 0 saturated carbocycles. The molecule has 2 fully saturated rings. The summed E-state index contributed by atoms with van der Waals surface area (Å²) in [7, 11) is 0. The van der Waals surface area contributed by atoms with Crippen LogP contribution in [-0.2, 0) is 4.79 Å². The van der Waals surface area contributed by atoms with E-state index < -0.39 is 0 Å². The summed E-state index contributed by atoms with van der Waals surface area (Å²) in [5.41, 5.74) is 1.56. The molecule has 2 amide bonds. The maximum Gasteiger partial charge on any atom is 0.251 e. The zero-order chi connectivity index (χ0) is 18.6. The van der Waals surface area contributed by atoms with Crippen LogP contribution in [0.2, 0.25) is 0 Å². The Morgan fingerprint density at radius 3 is 2.19 bits per heavy atom. The number of carbonyl (C=O) groups excluding carboxylic acids is 2. The van der Waals surface area contributed by atoms with Gasteiger partial charge >= 0.3 is 0 Å². The Hall–Kier alpha value is -2.66. The number of rotatable bonds is 5. The Kier molecular flexibility index (Phi) is 5.21. The van der Waals surface area contributed by atoms with Crippen molar-refractivity contribution in [3.8, 4) is 0 Å². The standard InChI is InChI=1S/C22H25N3O2/c26-21(25-14-18-12-23-13-19(18)15-25)11-20(16-7-3-1-4-8-16)24-22(27)17-9-5-2-6-10-17/h1-10,18-20,23H,11-15H2,(H,24,27)/t18-,19+,20?. The van der Waals surface area contributed by atoms with Gasteiger partial charge in [-0.3, -0.25) is 9.59 Å². The monoisotopic (exact) mass is 363 g/mol. The zero-order valence-corrected chi connectivity index (χ0v) is 15.3. The van der Waals surface area contributed by atoms with Gasteiger partial charge in [0.2, 0.25) is 5.91 Å². The van der Waals surface area contributed by atoms with E-state index in [1.54, 1.807) is 12.1 Å². The van der Waals surface area contributed by atoms with Gasteiger partial charge in [0.05, 0.1) is 12.5 Å². The molecule has 3 atom stereocenters. The average Bonchev–Trinajstić information content (AvgIpc) is 3.31. The van der Waals surface area contributed by atoms with Gasteiger partial charge in [-0.1, -0.05) is 48.5 Å². The van der Waals surface area contributed by atoms with Crippen molar-refractivity contribution < 1.29 is 9.59 Å². The van der Waals surface area contributed by atoms with Crippen LogP contribution in [0.15, 0.2) is 60.7 Å². The minimum Gasteiger partial charge on any atom is -0.345 e. The molecular weight excluding hydrogens is 338 g/mol. The van der Waals surface area contributed by atoms with E-state index in [4.69, 9.17) is 0 Å². The molecule has 0 spiro atoms. The van der Waals surface area contributed by atoms with E-state index in [2.05, 4.69) is 10.6 Å². The Bertz CT molecular complexity index is 782. The number of fused-ring (bicyclic) bond motifs is 1. The number of likely N-dealkylation sites (tertiary alicyclic amines) is 1. The van der Waals surface area contributed by atoms with Gasteiger partial charge < -0.3 is 15.5 Å². The van der Waals surface area contributed by atoms with Gasteiger partial charge in [-0.05, 0) is 29.5 Å². The van der Waals surface area contributed by atoms with Gasteiger partial charge in [0, 0.05) is 31.7 Å². The van der Waals surface area contributed by atoms with E-state index in [1.165, 1.54) is 0 Å². The SMILES string of the molecule is O=C(NC(CC(=O)N1C[C@H]2CNC[C@H]2C1)c1ccccc1)c1ccccc1. The van der Waals surface area contributed by atoms with Crippen molar-refractivity contribution >= 4 is 11.8 Å². The fourth-order valence-corrected chi connectivity index (χ4v) is 4.13. The minimum atomic E-state index is -0.329. The Labute approximate surface area is 159 Å². The lowest BCUT2D eigenvalue weighted by Gasteiger charge is -2.23. The summed E-state index contributed by atoms with van der Waals surface area (Å²) in [4.78, 5) is 27.6. The van der Waals surface area contributed by atoms with Crippen LogP contribution in [0.4, 0.5) is 0 Å². The second-order valence-electron chi connectivity index (χ2n) is 7.48. The number of carbonyl (C=O) groups is 2. The molecule has 1 unspecified atom stereocenters. The highest BCUT2D eigenvalue weighted by atomic mass is 16.2. The van der Waals surface area contributed by atoms with Crippen molar-refractivity contribution in [2.45, 2.75) is 12.5 Å². The maximum atomic E-state index is 12.9. The van der Waals surface area contributed by atoms with E-state index >= 15 is 0 Å². The molecular formula is C22H25N3O2. The molecule has 2 saturated heterocycles. The number of amides is 2. The highest BCUT2D eigenvalue weighted by molar-refractivity contribution is 5.94. The highest BCUT2D eigenvalue weighted by Gasteiger charge is 2.38. The largest absolute Gasteiger partial charge is 0.345 e. The molecule has 5 nitrogen and oxygen atoms in total. The second kappa shape index (κ2) is 7.92. The predicted molar refractivity (Wildman–Crippen MR) is 104 cm³/mol. The Morgan fingerprint density at radius 2 is 1.56 bits per heavy atom. The Morgan fingerprint density at radius 1 is 0.963 bits per heavy atom. The molecule has 140 valence electrons. The number of hydrogen-bond acceptors (Lipinski definition) is 3. The topological polar surface area (TPSA) is 61.4 Å². The van der Waals surface area contributed by atoms with Crippen LogP contribution in [0.5, 0.6) is 0 Å². The summed E-state index contributed by atoms with van der Waals surface area (Å²) in [5.74, 6) is 1.11. The first-order chi connectivity index (χ1) is 13.2. The van der Waals surface area contributed by atoms with Crippen LogP contribution in [0, 0.1) is 11.8 Å². The number of nitrogens with zero attached hydrogens (tertiary/aromatic N) is 1. The molecule has 2 aromatic rings. The third kappa shape index (κ3) is 4.03. The first-order valence-corrected chi connectivity index (χ1v) is 9.60. The maximum absolute atomic E-state index is 12.9. The Balaban J connectivity index is 1.47. The van der Waals surface area contributed by atoms with Gasteiger partial charge in [0.1, 0.15) is 0 Å². The normalized spacial score (nSPS) is 22.3. The van der Waals surface area contributed by atoms with Crippen LogP contribution in [0.3, 0.4) is 0 Å². The molecule has 2 aliphatic heterocycles. The number of nitrogens with one attached hydrogen (secondary N) is 2. The lowest BCUT2D eigenvalue weighted by Crippen LogP contribution is -2.36. The van der Waals surface area contributed by atoms with Gasteiger partial charge in [0.25, 0.3) is 5.91 Å². The van der Waals surface area contributed by atoms with Crippen LogP contribution in [-0.4, -0.2) is 42.9 Å². The lowest BCUT2D eigenvalue weighted by atomic mass is 10.0. The summed E-state index contributed by atoms with van der Waals surface area (Å²) >= 11 is 0. The molecule has 2 aliphatic rings. The van der Waals surface area contributed by atoms with Crippen molar-refractivity contribution in [2.24, 2.45) is 11.8 Å². The van der Waals surface area contributed by atoms with Crippen molar-refractivity contribution in [1.29, 1.82) is 0 Å². The molecule has 27 heavy (non-hydrogen) atoms. The van der Waals surface area contributed by atoms with E-state index in [1.807, 2.05) is 53.4 Å². The zero-order valence-electron chi connectivity index (χ0n) is 15.3. The molecule has 0 aromatic heterocycles. The average molecular weight is 363 g/mol. The number of hydrogen-bond donors (Lipinski definition) is 2. The van der Waals surface area contributed by atoms with Crippen molar-refractivity contribution in [3.05, 3.63) is 71.8 Å². The summed E-state index contributed by atoms with van der Waals surface area (Å²) < 4.78 is 0. The fourth-order valence-electron chi connectivity index (χ4n) is 4.13. The second-order valence-corrected chi connectivity index (χ2v) is 7.48. The molecule has 0 radical (unpaired) electrons. The van der Waals surface area contributed by atoms with Gasteiger partial charge in [-0.25, -0.2) is 0 Å². The van der Waals surface area contributed by atoms with Crippen molar-refractivity contribution in [2.75, 3.05) is 26.2 Å². The first kappa shape index (κ1) is 17.7. The van der Waals surface area contributed by atoms with Gasteiger partial charge in [0.15, 0.2) is 0 Å². The summed E-state index contributed by atoms with van der Waals surface area (Å²) in [6, 6.07) is 18.6. The van der Waals surface area contributed by atoms with E-state index in [-0.39, 0.29) is 24.3 Å². The third-order valence-corrected chi connectivity index (χ3v) is 5.66.